The fraction of sp³-hybridized carbons (Fsp3) is 0.0476. The molecule has 0 aliphatic heterocycles. The number of nitrogens with one attached hydrogen (secondary N) is 1. The minimum Gasteiger partial charge on any atom is -0.310 e. The number of aromatic nitrogens is 4. The maximum Gasteiger partial charge on any atom is 0.236 e. The number of nitrogens with zero attached hydrogens (tertiary/aromatic N) is 4. The van der Waals surface area contributed by atoms with Gasteiger partial charge in [-0.3, -0.25) is 9.36 Å². The van der Waals surface area contributed by atoms with Crippen molar-refractivity contribution in [2.45, 2.75) is 5.16 Å². The quantitative estimate of drug-likeness (QED) is 0.395. The molecule has 2 heterocycles. The van der Waals surface area contributed by atoms with Crippen molar-refractivity contribution in [1.29, 1.82) is 0 Å². The number of benzene rings is 2. The smallest absolute Gasteiger partial charge is 0.236 e. The second-order valence-electron chi connectivity index (χ2n) is 6.18. The number of hydrogen-bond donors (Lipinski definition) is 1. The molecule has 4 rings (SSSR count). The molecular formula is C21H15Cl2N5OS. The van der Waals surface area contributed by atoms with Crippen LogP contribution in [0.1, 0.15) is 0 Å². The summed E-state index contributed by atoms with van der Waals surface area (Å²) in [5.74, 6) is 1.05. The summed E-state index contributed by atoms with van der Waals surface area (Å²) in [6.07, 6.45) is 1.48. The van der Waals surface area contributed by atoms with E-state index in [1.165, 1.54) is 18.0 Å². The Morgan fingerprint density at radius 2 is 1.67 bits per heavy atom. The number of carbonyl (C=O) groups excluding carboxylic acids is 1. The van der Waals surface area contributed by atoms with Crippen LogP contribution < -0.4 is 5.32 Å². The van der Waals surface area contributed by atoms with E-state index < -0.39 is 0 Å². The van der Waals surface area contributed by atoms with E-state index in [0.29, 0.717) is 26.8 Å². The van der Waals surface area contributed by atoms with E-state index in [1.54, 1.807) is 24.3 Å². The van der Waals surface area contributed by atoms with Gasteiger partial charge in [-0.25, -0.2) is 4.98 Å². The number of carbonyl (C=O) groups is 1. The molecule has 0 aliphatic rings. The van der Waals surface area contributed by atoms with Crippen molar-refractivity contribution in [2.75, 3.05) is 11.1 Å². The lowest BCUT2D eigenvalue weighted by Gasteiger charge is -2.10. The van der Waals surface area contributed by atoms with E-state index >= 15 is 0 Å². The summed E-state index contributed by atoms with van der Waals surface area (Å²) in [7, 11) is 0. The normalized spacial score (nSPS) is 10.7. The molecule has 1 N–H and O–H groups in total. The molecule has 0 bridgehead atoms. The van der Waals surface area contributed by atoms with Crippen molar-refractivity contribution in [3.05, 3.63) is 83.0 Å². The lowest BCUT2D eigenvalue weighted by molar-refractivity contribution is -0.113. The summed E-state index contributed by atoms with van der Waals surface area (Å²) in [4.78, 5) is 16.4. The largest absolute Gasteiger partial charge is 0.310 e. The van der Waals surface area contributed by atoms with Crippen LogP contribution in [-0.2, 0) is 4.79 Å². The third-order valence-electron chi connectivity index (χ3n) is 4.08. The summed E-state index contributed by atoms with van der Waals surface area (Å²) < 4.78 is 1.92. The fourth-order valence-electron chi connectivity index (χ4n) is 2.72. The van der Waals surface area contributed by atoms with E-state index in [2.05, 4.69) is 20.5 Å². The van der Waals surface area contributed by atoms with Crippen molar-refractivity contribution in [2.24, 2.45) is 0 Å². The van der Waals surface area contributed by atoms with Gasteiger partial charge >= 0.3 is 0 Å². The van der Waals surface area contributed by atoms with Gasteiger partial charge in [0.1, 0.15) is 5.82 Å². The zero-order valence-electron chi connectivity index (χ0n) is 15.5. The first-order chi connectivity index (χ1) is 14.6. The molecule has 0 fully saturated rings. The fourth-order valence-corrected chi connectivity index (χ4v) is 3.71. The predicted molar refractivity (Wildman–Crippen MR) is 120 cm³/mol. The van der Waals surface area contributed by atoms with E-state index in [4.69, 9.17) is 23.2 Å². The molecule has 0 saturated heterocycles. The molecule has 0 radical (unpaired) electrons. The van der Waals surface area contributed by atoms with E-state index in [9.17, 15) is 4.79 Å². The molecule has 0 spiro atoms. The maximum absolute atomic E-state index is 12.4. The second kappa shape index (κ2) is 9.30. The van der Waals surface area contributed by atoms with Gasteiger partial charge in [0.25, 0.3) is 0 Å². The van der Waals surface area contributed by atoms with E-state index in [1.807, 2.05) is 47.0 Å². The van der Waals surface area contributed by atoms with Gasteiger partial charge in [0.15, 0.2) is 11.0 Å². The predicted octanol–water partition coefficient (Wildman–Crippen LogP) is 5.37. The van der Waals surface area contributed by atoms with Crippen molar-refractivity contribution < 1.29 is 4.79 Å². The number of halogens is 2. The Morgan fingerprint density at radius 1 is 0.933 bits per heavy atom. The number of hydrogen-bond acceptors (Lipinski definition) is 5. The number of amides is 1. The second-order valence-corrected chi connectivity index (χ2v) is 8.00. The van der Waals surface area contributed by atoms with Crippen molar-refractivity contribution in [3.8, 4) is 17.1 Å². The monoisotopic (exact) mass is 455 g/mol. The Balaban J connectivity index is 1.57. The van der Waals surface area contributed by atoms with Gasteiger partial charge in [-0.2, -0.15) is 0 Å². The van der Waals surface area contributed by atoms with Crippen molar-refractivity contribution in [1.82, 2.24) is 19.7 Å². The van der Waals surface area contributed by atoms with Crippen molar-refractivity contribution >= 4 is 46.7 Å². The summed E-state index contributed by atoms with van der Waals surface area (Å²) in [5.41, 5.74) is 1.77. The lowest BCUT2D eigenvalue weighted by Crippen LogP contribution is -2.15. The molecule has 6 nitrogen and oxygen atoms in total. The first kappa shape index (κ1) is 20.4. The van der Waals surface area contributed by atoms with Crippen LogP contribution in [0.25, 0.3) is 17.1 Å². The topological polar surface area (TPSA) is 72.7 Å². The minimum absolute atomic E-state index is 0.149. The number of pyridine rings is 1. The first-order valence-electron chi connectivity index (χ1n) is 8.91. The Morgan fingerprint density at radius 3 is 2.37 bits per heavy atom. The summed E-state index contributed by atoms with van der Waals surface area (Å²) >= 11 is 13.1. The summed E-state index contributed by atoms with van der Waals surface area (Å²) in [6, 6.07) is 20.4. The minimum atomic E-state index is -0.203. The lowest BCUT2D eigenvalue weighted by atomic mass is 10.2. The van der Waals surface area contributed by atoms with Crippen LogP contribution in [0.3, 0.4) is 0 Å². The highest BCUT2D eigenvalue weighted by molar-refractivity contribution is 7.99. The molecule has 0 saturated carbocycles. The highest BCUT2D eigenvalue weighted by Gasteiger charge is 2.17. The maximum atomic E-state index is 12.4. The van der Waals surface area contributed by atoms with E-state index in [0.717, 1.165) is 11.3 Å². The number of anilines is 1. The highest BCUT2D eigenvalue weighted by Crippen LogP contribution is 2.28. The molecule has 4 aromatic rings. The van der Waals surface area contributed by atoms with Gasteiger partial charge in [0.05, 0.1) is 10.8 Å². The van der Waals surface area contributed by atoms with Crippen LogP contribution in [0.4, 0.5) is 5.82 Å². The Kier molecular flexibility index (Phi) is 6.32. The van der Waals surface area contributed by atoms with Crippen LogP contribution >= 0.6 is 35.0 Å². The number of para-hydroxylation sites is 1. The molecule has 2 aromatic heterocycles. The van der Waals surface area contributed by atoms with Crippen LogP contribution in [0.2, 0.25) is 10.0 Å². The standard InChI is InChI=1S/C21H15Cl2N5OS/c22-15-8-6-14(7-9-15)20-26-27-21(28(20)17-4-2-1-3-5-17)30-13-19(29)25-18-11-10-16(23)12-24-18/h1-12H,13H2,(H,24,25,29). The Hall–Kier alpha value is -2.87. The molecule has 150 valence electrons. The summed E-state index contributed by atoms with van der Waals surface area (Å²) in [5, 5.41) is 13.2. The average Bonchev–Trinajstić information content (AvgIpc) is 3.19. The van der Waals surface area contributed by atoms with Crippen LogP contribution in [0.15, 0.2) is 78.1 Å². The molecular weight excluding hydrogens is 441 g/mol. The van der Waals surface area contributed by atoms with Gasteiger partial charge < -0.3 is 5.32 Å². The zero-order chi connectivity index (χ0) is 20.9. The van der Waals surface area contributed by atoms with Gasteiger partial charge in [0, 0.05) is 22.5 Å². The van der Waals surface area contributed by atoms with Crippen LogP contribution in [0.5, 0.6) is 0 Å². The number of thioether (sulfide) groups is 1. The van der Waals surface area contributed by atoms with Gasteiger partial charge in [0.2, 0.25) is 5.91 Å². The Bertz CT molecular complexity index is 1150. The Labute approximate surface area is 187 Å². The molecule has 0 atom stereocenters. The third kappa shape index (κ3) is 4.81. The van der Waals surface area contributed by atoms with Gasteiger partial charge in [-0.1, -0.05) is 53.2 Å². The molecule has 1 amide bonds. The molecule has 0 unspecified atom stereocenters. The number of rotatable bonds is 6. The average molecular weight is 456 g/mol. The molecule has 2 aromatic carbocycles. The highest BCUT2D eigenvalue weighted by atomic mass is 35.5. The SMILES string of the molecule is O=C(CSc1nnc(-c2ccc(Cl)cc2)n1-c1ccccc1)Nc1ccc(Cl)cn1. The zero-order valence-corrected chi connectivity index (χ0v) is 17.8. The third-order valence-corrected chi connectivity index (χ3v) is 5.48. The van der Waals surface area contributed by atoms with Crippen molar-refractivity contribution in [3.63, 3.8) is 0 Å². The first-order valence-corrected chi connectivity index (χ1v) is 10.7. The molecule has 30 heavy (non-hydrogen) atoms. The van der Waals surface area contributed by atoms with Crippen LogP contribution in [-0.4, -0.2) is 31.4 Å². The van der Waals surface area contributed by atoms with E-state index in [-0.39, 0.29) is 11.7 Å². The molecule has 0 aliphatic carbocycles. The van der Waals surface area contributed by atoms with Gasteiger partial charge in [-0.15, -0.1) is 10.2 Å². The van der Waals surface area contributed by atoms with Gasteiger partial charge in [-0.05, 0) is 48.5 Å². The van der Waals surface area contributed by atoms with Crippen LogP contribution in [0, 0.1) is 0 Å². The summed E-state index contributed by atoms with van der Waals surface area (Å²) in [6.45, 7) is 0. The molecule has 9 heteroatoms.